The molecule has 2 aromatic rings. The van der Waals surface area contributed by atoms with Gasteiger partial charge >= 0.3 is 0 Å². The van der Waals surface area contributed by atoms with Crippen LogP contribution in [0.25, 0.3) is 0 Å². The van der Waals surface area contributed by atoms with Gasteiger partial charge in [-0.1, -0.05) is 34.1 Å². The quantitative estimate of drug-likeness (QED) is 0.780. The Labute approximate surface area is 125 Å². The predicted molar refractivity (Wildman–Crippen MR) is 79.4 cm³/mol. The van der Waals surface area contributed by atoms with Crippen molar-refractivity contribution in [3.63, 3.8) is 0 Å². The lowest BCUT2D eigenvalue weighted by Crippen LogP contribution is -1.96. The smallest absolute Gasteiger partial charge is 0.165 e. The lowest BCUT2D eigenvalue weighted by Gasteiger charge is -2.13. The second-order valence-corrected chi connectivity index (χ2v) is 5.64. The zero-order valence-electron chi connectivity index (χ0n) is 11.0. The van der Waals surface area contributed by atoms with Crippen LogP contribution in [0.2, 0.25) is 0 Å². The minimum atomic E-state index is -0.348. The van der Waals surface area contributed by atoms with Crippen LogP contribution in [0.1, 0.15) is 21.5 Å². The Kier molecular flexibility index (Phi) is 3.66. The van der Waals surface area contributed by atoms with Gasteiger partial charge in [0, 0.05) is 6.42 Å². The number of halogens is 2. The molecule has 1 atom stereocenters. The fraction of sp³-hybridized carbons (Fsp3) is 0.250. The molecule has 20 heavy (non-hydrogen) atoms. The molecule has 2 nitrogen and oxygen atoms in total. The second-order valence-electron chi connectivity index (χ2n) is 4.72. The molecule has 104 valence electrons. The van der Waals surface area contributed by atoms with E-state index in [1.54, 1.807) is 6.07 Å². The Bertz CT molecular complexity index is 642. The zero-order valence-corrected chi connectivity index (χ0v) is 12.6. The molecule has 1 aliphatic heterocycles. The van der Waals surface area contributed by atoms with E-state index in [2.05, 4.69) is 22.0 Å². The Balaban J connectivity index is 1.92. The van der Waals surface area contributed by atoms with E-state index in [1.807, 2.05) is 18.2 Å². The number of hydrogen-bond donors (Lipinski definition) is 0. The van der Waals surface area contributed by atoms with Gasteiger partial charge in [-0.05, 0) is 34.9 Å². The maximum absolute atomic E-state index is 13.8. The minimum Gasteiger partial charge on any atom is -0.494 e. The molecule has 0 N–H and O–H groups in total. The zero-order chi connectivity index (χ0) is 14.1. The highest BCUT2D eigenvalue weighted by Crippen LogP contribution is 2.36. The maximum Gasteiger partial charge on any atom is 0.165 e. The molecule has 0 aromatic heterocycles. The van der Waals surface area contributed by atoms with E-state index in [0.717, 1.165) is 29.9 Å². The summed E-state index contributed by atoms with van der Waals surface area (Å²) in [5, 5.41) is 0. The van der Waals surface area contributed by atoms with Gasteiger partial charge in [-0.15, -0.1) is 0 Å². The molecular formula is C16H14BrFO2. The minimum absolute atomic E-state index is 0.0474. The van der Waals surface area contributed by atoms with Crippen molar-refractivity contribution < 1.29 is 13.9 Å². The fourth-order valence-corrected chi connectivity index (χ4v) is 2.97. The van der Waals surface area contributed by atoms with Crippen molar-refractivity contribution in [2.45, 2.75) is 11.2 Å². The van der Waals surface area contributed by atoms with Crippen LogP contribution in [0.4, 0.5) is 4.39 Å². The topological polar surface area (TPSA) is 18.5 Å². The molecule has 0 fully saturated rings. The van der Waals surface area contributed by atoms with Gasteiger partial charge in [-0.25, -0.2) is 4.39 Å². The molecule has 4 heteroatoms. The molecular weight excluding hydrogens is 323 g/mol. The van der Waals surface area contributed by atoms with Gasteiger partial charge < -0.3 is 9.47 Å². The van der Waals surface area contributed by atoms with Crippen molar-refractivity contribution in [1.82, 2.24) is 0 Å². The molecule has 0 saturated carbocycles. The molecule has 0 bridgehead atoms. The molecule has 0 radical (unpaired) electrons. The van der Waals surface area contributed by atoms with Gasteiger partial charge in [-0.3, -0.25) is 0 Å². The van der Waals surface area contributed by atoms with Crippen molar-refractivity contribution in [3.8, 4) is 11.5 Å². The lowest BCUT2D eigenvalue weighted by molar-refractivity contribution is 0.357. The number of ether oxygens (including phenoxy) is 2. The van der Waals surface area contributed by atoms with E-state index in [4.69, 9.17) is 9.47 Å². The number of benzene rings is 2. The summed E-state index contributed by atoms with van der Waals surface area (Å²) in [6.07, 6.45) is 0.930. The number of rotatable bonds is 3. The van der Waals surface area contributed by atoms with Crippen LogP contribution < -0.4 is 9.47 Å². The molecule has 0 amide bonds. The van der Waals surface area contributed by atoms with Crippen molar-refractivity contribution in [3.05, 3.63) is 58.9 Å². The Morgan fingerprint density at radius 2 is 1.95 bits per heavy atom. The van der Waals surface area contributed by atoms with Crippen LogP contribution in [0, 0.1) is 5.82 Å². The van der Waals surface area contributed by atoms with Gasteiger partial charge in [0.05, 0.1) is 18.5 Å². The first-order valence-corrected chi connectivity index (χ1v) is 7.34. The highest BCUT2D eigenvalue weighted by atomic mass is 79.9. The third-order valence-corrected chi connectivity index (χ3v) is 4.53. The fourth-order valence-electron chi connectivity index (χ4n) is 2.40. The summed E-state index contributed by atoms with van der Waals surface area (Å²) in [6.45, 7) is 0.739. The molecule has 3 rings (SSSR count). The Morgan fingerprint density at radius 3 is 2.70 bits per heavy atom. The van der Waals surface area contributed by atoms with E-state index >= 15 is 0 Å². The van der Waals surface area contributed by atoms with Crippen LogP contribution in [0.15, 0.2) is 36.4 Å². The first-order valence-electron chi connectivity index (χ1n) is 6.42. The number of fused-ring (bicyclic) bond motifs is 1. The van der Waals surface area contributed by atoms with Crippen molar-refractivity contribution in [2.24, 2.45) is 0 Å². The van der Waals surface area contributed by atoms with Crippen LogP contribution in [0.5, 0.6) is 11.5 Å². The standard InChI is InChI=1S/C16H14BrFO2/c1-19-15-5-3-12(9-13(15)18)16(17)11-2-4-14-10(8-11)6-7-20-14/h2-5,8-9,16H,6-7H2,1H3. The average molecular weight is 337 g/mol. The second kappa shape index (κ2) is 5.44. The summed E-state index contributed by atoms with van der Waals surface area (Å²) in [4.78, 5) is -0.0474. The molecule has 1 unspecified atom stereocenters. The first kappa shape index (κ1) is 13.4. The van der Waals surface area contributed by atoms with Crippen LogP contribution in [0.3, 0.4) is 0 Å². The SMILES string of the molecule is COc1ccc(C(Br)c2ccc3c(c2)CCO3)cc1F. The van der Waals surface area contributed by atoms with Gasteiger partial charge in [-0.2, -0.15) is 0 Å². The van der Waals surface area contributed by atoms with Crippen molar-refractivity contribution in [2.75, 3.05) is 13.7 Å². The van der Waals surface area contributed by atoms with Gasteiger partial charge in [0.1, 0.15) is 5.75 Å². The highest BCUT2D eigenvalue weighted by molar-refractivity contribution is 9.09. The predicted octanol–water partition coefficient (Wildman–Crippen LogP) is 4.25. The third kappa shape index (κ3) is 2.40. The van der Waals surface area contributed by atoms with E-state index < -0.39 is 0 Å². The summed E-state index contributed by atoms with van der Waals surface area (Å²) >= 11 is 3.63. The van der Waals surface area contributed by atoms with Crippen LogP contribution >= 0.6 is 15.9 Å². The summed E-state index contributed by atoms with van der Waals surface area (Å²) in [5.74, 6) is 0.865. The van der Waals surface area contributed by atoms with E-state index in [9.17, 15) is 4.39 Å². The van der Waals surface area contributed by atoms with Crippen molar-refractivity contribution in [1.29, 1.82) is 0 Å². The summed E-state index contributed by atoms with van der Waals surface area (Å²) in [6, 6.07) is 11.1. The van der Waals surface area contributed by atoms with Crippen LogP contribution in [-0.2, 0) is 6.42 Å². The highest BCUT2D eigenvalue weighted by Gasteiger charge is 2.17. The van der Waals surface area contributed by atoms with Crippen LogP contribution in [-0.4, -0.2) is 13.7 Å². The molecule has 1 heterocycles. The molecule has 0 spiro atoms. The Morgan fingerprint density at radius 1 is 1.20 bits per heavy atom. The third-order valence-electron chi connectivity index (χ3n) is 3.47. The monoisotopic (exact) mass is 336 g/mol. The van der Waals surface area contributed by atoms with Gasteiger partial charge in [0.25, 0.3) is 0 Å². The number of methoxy groups -OCH3 is 1. The average Bonchev–Trinajstić information content (AvgIpc) is 2.93. The van der Waals surface area contributed by atoms with Gasteiger partial charge in [0.2, 0.25) is 0 Å². The summed E-state index contributed by atoms with van der Waals surface area (Å²) in [7, 11) is 1.46. The maximum atomic E-state index is 13.8. The number of alkyl halides is 1. The number of hydrogen-bond acceptors (Lipinski definition) is 2. The van der Waals surface area contributed by atoms with E-state index in [0.29, 0.717) is 0 Å². The lowest BCUT2D eigenvalue weighted by atomic mass is 10.0. The first-order chi connectivity index (χ1) is 9.69. The molecule has 2 aromatic carbocycles. The normalized spacial score (nSPS) is 14.6. The Hall–Kier alpha value is -1.55. The van der Waals surface area contributed by atoms with E-state index in [-0.39, 0.29) is 16.4 Å². The van der Waals surface area contributed by atoms with Crippen molar-refractivity contribution >= 4 is 15.9 Å². The molecule has 0 saturated heterocycles. The summed E-state index contributed by atoms with van der Waals surface area (Å²) < 4.78 is 24.2. The van der Waals surface area contributed by atoms with E-state index in [1.165, 1.54) is 18.7 Å². The summed E-state index contributed by atoms with van der Waals surface area (Å²) in [5.41, 5.74) is 3.17. The van der Waals surface area contributed by atoms with Gasteiger partial charge in [0.15, 0.2) is 11.6 Å². The molecule has 1 aliphatic rings. The molecule has 0 aliphatic carbocycles. The largest absolute Gasteiger partial charge is 0.494 e.